The lowest BCUT2D eigenvalue weighted by Crippen LogP contribution is -2.26. The van der Waals surface area contributed by atoms with Crippen LogP contribution in [0.3, 0.4) is 0 Å². The Hall–Kier alpha value is 0.0649. The third-order valence-electron chi connectivity index (χ3n) is 4.10. The van der Waals surface area contributed by atoms with Crippen molar-refractivity contribution in [2.24, 2.45) is 17.8 Å². The van der Waals surface area contributed by atoms with Gasteiger partial charge in [-0.15, -0.1) is 0 Å². The Labute approximate surface area is 91.1 Å². The fourth-order valence-corrected chi connectivity index (χ4v) is 3.06. The highest BCUT2D eigenvalue weighted by atomic mass is 14.3. The Balaban J connectivity index is 2.39. The summed E-state index contributed by atoms with van der Waals surface area (Å²) in [5.41, 5.74) is 0. The molecule has 0 N–H and O–H groups in total. The molecule has 3 unspecified atom stereocenters. The molecule has 0 radical (unpaired) electrons. The fourth-order valence-electron chi connectivity index (χ4n) is 3.06. The van der Waals surface area contributed by atoms with Crippen LogP contribution in [-0.4, -0.2) is 7.28 Å². The summed E-state index contributed by atoms with van der Waals surface area (Å²) in [6.07, 6.45) is 4.46. The summed E-state index contributed by atoms with van der Waals surface area (Å²) < 4.78 is 0. The molecule has 1 saturated carbocycles. The Morgan fingerprint density at radius 2 is 1.71 bits per heavy atom. The second-order valence-electron chi connectivity index (χ2n) is 6.18. The van der Waals surface area contributed by atoms with Crippen LogP contribution in [0.15, 0.2) is 0 Å². The molecule has 0 aromatic rings. The number of hydrogen-bond acceptors (Lipinski definition) is 0. The highest BCUT2D eigenvalue weighted by Gasteiger charge is 2.29. The van der Waals surface area contributed by atoms with E-state index in [-0.39, 0.29) is 0 Å². The molecular formula is C13H27B. The maximum atomic E-state index is 2.47. The van der Waals surface area contributed by atoms with Gasteiger partial charge < -0.3 is 0 Å². The van der Waals surface area contributed by atoms with Crippen LogP contribution in [-0.2, 0) is 0 Å². The molecule has 1 fully saturated rings. The first-order valence-electron chi connectivity index (χ1n) is 6.50. The Bertz CT molecular complexity index is 163. The summed E-state index contributed by atoms with van der Waals surface area (Å²) >= 11 is 0. The van der Waals surface area contributed by atoms with Crippen LogP contribution in [0.2, 0.25) is 11.6 Å². The Morgan fingerprint density at radius 3 is 2.14 bits per heavy atom. The fraction of sp³-hybridized carbons (Fsp3) is 1.00. The quantitative estimate of drug-likeness (QED) is 0.592. The van der Waals surface area contributed by atoms with Crippen LogP contribution in [0.5, 0.6) is 0 Å². The Morgan fingerprint density at radius 1 is 1.07 bits per heavy atom. The summed E-state index contributed by atoms with van der Waals surface area (Å²) in [7, 11) is 1.45. The van der Waals surface area contributed by atoms with Crippen molar-refractivity contribution in [1.29, 1.82) is 0 Å². The molecule has 3 atom stereocenters. The molecule has 82 valence electrons. The maximum absolute atomic E-state index is 2.47. The van der Waals surface area contributed by atoms with Gasteiger partial charge in [0, 0.05) is 0 Å². The van der Waals surface area contributed by atoms with Crippen LogP contribution in [0.4, 0.5) is 0 Å². The van der Waals surface area contributed by atoms with E-state index in [2.05, 4.69) is 34.6 Å². The van der Waals surface area contributed by atoms with Crippen LogP contribution < -0.4 is 0 Å². The first kappa shape index (κ1) is 12.1. The van der Waals surface area contributed by atoms with Gasteiger partial charge in [-0.2, -0.15) is 0 Å². The predicted octanol–water partition coefficient (Wildman–Crippen LogP) is 4.13. The first-order valence-corrected chi connectivity index (χ1v) is 6.50. The molecule has 0 amide bonds. The molecule has 0 aromatic carbocycles. The van der Waals surface area contributed by atoms with Gasteiger partial charge in [-0.3, -0.25) is 0 Å². The van der Waals surface area contributed by atoms with E-state index in [0.717, 1.165) is 29.4 Å². The van der Waals surface area contributed by atoms with E-state index in [0.29, 0.717) is 0 Å². The van der Waals surface area contributed by atoms with Crippen LogP contribution in [0.1, 0.15) is 53.9 Å². The van der Waals surface area contributed by atoms with Gasteiger partial charge in [0.05, 0.1) is 0 Å². The molecule has 1 aliphatic carbocycles. The van der Waals surface area contributed by atoms with Gasteiger partial charge in [-0.1, -0.05) is 59.1 Å². The van der Waals surface area contributed by atoms with Crippen molar-refractivity contribution < 1.29 is 0 Å². The summed E-state index contributed by atoms with van der Waals surface area (Å²) in [4.78, 5) is 0. The molecule has 1 heteroatoms. The predicted molar refractivity (Wildman–Crippen MR) is 67.3 cm³/mol. The van der Waals surface area contributed by atoms with E-state index in [1.165, 1.54) is 26.5 Å². The Kier molecular flexibility index (Phi) is 4.54. The lowest BCUT2D eigenvalue weighted by molar-refractivity contribution is 0.225. The van der Waals surface area contributed by atoms with E-state index >= 15 is 0 Å². The lowest BCUT2D eigenvalue weighted by Gasteiger charge is -2.36. The highest BCUT2D eigenvalue weighted by molar-refractivity contribution is 6.39. The van der Waals surface area contributed by atoms with Crippen molar-refractivity contribution in [2.45, 2.75) is 65.5 Å². The van der Waals surface area contributed by atoms with Gasteiger partial charge in [0.25, 0.3) is 0 Å². The van der Waals surface area contributed by atoms with Gasteiger partial charge in [-0.25, -0.2) is 0 Å². The second-order valence-corrected chi connectivity index (χ2v) is 6.18. The standard InChI is InChI=1S/C13H27B/c1-9(2)12-6-7-13(11(5)8-12)14-10(3)4/h9-14H,6-8H2,1-5H3. The highest BCUT2D eigenvalue weighted by Crippen LogP contribution is 2.41. The summed E-state index contributed by atoms with van der Waals surface area (Å²) in [6, 6.07) is 0. The van der Waals surface area contributed by atoms with E-state index in [9.17, 15) is 0 Å². The second kappa shape index (κ2) is 5.23. The molecule has 0 nitrogen and oxygen atoms in total. The molecule has 14 heavy (non-hydrogen) atoms. The zero-order chi connectivity index (χ0) is 10.7. The van der Waals surface area contributed by atoms with Crippen molar-refractivity contribution in [3.8, 4) is 0 Å². The molecule has 1 rings (SSSR count). The van der Waals surface area contributed by atoms with Crippen molar-refractivity contribution >= 4 is 7.28 Å². The van der Waals surface area contributed by atoms with Gasteiger partial charge in [0.1, 0.15) is 7.28 Å². The summed E-state index contributed by atoms with van der Waals surface area (Å²) in [6.45, 7) is 12.0. The molecule has 0 heterocycles. The summed E-state index contributed by atoms with van der Waals surface area (Å²) in [5, 5.41) is 0. The van der Waals surface area contributed by atoms with Gasteiger partial charge >= 0.3 is 0 Å². The normalized spacial score (nSPS) is 33.8. The molecule has 0 saturated heterocycles. The molecule has 0 aromatic heterocycles. The average Bonchev–Trinajstić information content (AvgIpc) is 2.07. The van der Waals surface area contributed by atoms with Gasteiger partial charge in [-0.05, 0) is 24.2 Å². The average molecular weight is 194 g/mol. The molecular weight excluding hydrogens is 167 g/mol. The number of rotatable bonds is 3. The SMILES string of the molecule is CC(C)BC1CCC(C(C)C)CC1C. The van der Waals surface area contributed by atoms with Crippen LogP contribution >= 0.6 is 0 Å². The van der Waals surface area contributed by atoms with E-state index in [4.69, 9.17) is 0 Å². The lowest BCUT2D eigenvalue weighted by atomic mass is 9.48. The smallest absolute Gasteiger partial charge is 0.0710 e. The third-order valence-corrected chi connectivity index (χ3v) is 4.10. The van der Waals surface area contributed by atoms with E-state index in [1.807, 2.05) is 0 Å². The van der Waals surface area contributed by atoms with Gasteiger partial charge in [0.2, 0.25) is 0 Å². The third kappa shape index (κ3) is 3.33. The minimum Gasteiger partial charge on any atom is -0.0710 e. The van der Waals surface area contributed by atoms with E-state index < -0.39 is 0 Å². The topological polar surface area (TPSA) is 0 Å². The van der Waals surface area contributed by atoms with Crippen molar-refractivity contribution in [3.63, 3.8) is 0 Å². The summed E-state index contributed by atoms with van der Waals surface area (Å²) in [5.74, 6) is 4.78. The number of hydrogen-bond donors (Lipinski definition) is 0. The van der Waals surface area contributed by atoms with Crippen molar-refractivity contribution in [2.75, 3.05) is 0 Å². The van der Waals surface area contributed by atoms with Crippen molar-refractivity contribution in [1.82, 2.24) is 0 Å². The zero-order valence-electron chi connectivity index (χ0n) is 10.7. The minimum absolute atomic E-state index is 0.887. The molecule has 0 spiro atoms. The first-order chi connectivity index (χ1) is 6.50. The minimum atomic E-state index is 0.887. The largest absolute Gasteiger partial charge is 0.127 e. The molecule has 0 bridgehead atoms. The van der Waals surface area contributed by atoms with E-state index in [1.54, 1.807) is 0 Å². The zero-order valence-corrected chi connectivity index (χ0v) is 10.7. The van der Waals surface area contributed by atoms with Crippen LogP contribution in [0.25, 0.3) is 0 Å². The van der Waals surface area contributed by atoms with Crippen molar-refractivity contribution in [3.05, 3.63) is 0 Å². The monoisotopic (exact) mass is 194 g/mol. The maximum Gasteiger partial charge on any atom is 0.127 e. The van der Waals surface area contributed by atoms with Crippen LogP contribution in [0, 0.1) is 17.8 Å². The molecule has 1 aliphatic rings. The van der Waals surface area contributed by atoms with Gasteiger partial charge in [0.15, 0.2) is 0 Å². The molecule has 0 aliphatic heterocycles.